The topological polar surface area (TPSA) is 82.6 Å². The molecule has 28 heavy (non-hydrogen) atoms. The summed E-state index contributed by atoms with van der Waals surface area (Å²) in [5.74, 6) is 1.87. The van der Waals surface area contributed by atoms with E-state index in [2.05, 4.69) is 27.1 Å². The zero-order chi connectivity index (χ0) is 19.1. The third-order valence-corrected chi connectivity index (χ3v) is 4.94. The number of aliphatic imine (C=N–C) groups is 1. The summed E-state index contributed by atoms with van der Waals surface area (Å²) in [6.45, 7) is 5.31. The van der Waals surface area contributed by atoms with Crippen LogP contribution < -0.4 is 5.32 Å². The van der Waals surface area contributed by atoms with Gasteiger partial charge in [0.05, 0.1) is 24.1 Å². The second kappa shape index (κ2) is 11.2. The lowest BCUT2D eigenvalue weighted by molar-refractivity contribution is -0.146. The molecule has 2 N–H and O–H groups in total. The van der Waals surface area contributed by atoms with Crippen molar-refractivity contribution in [3.63, 3.8) is 0 Å². The fourth-order valence-electron chi connectivity index (χ4n) is 3.47. The van der Waals surface area contributed by atoms with Crippen LogP contribution in [0.5, 0.6) is 0 Å². The van der Waals surface area contributed by atoms with Gasteiger partial charge in [-0.05, 0) is 38.3 Å². The molecule has 0 aliphatic carbocycles. The summed E-state index contributed by atoms with van der Waals surface area (Å²) in [5.41, 5.74) is 2.09. The number of nitrogens with one attached hydrogen (secondary N) is 2. The predicted octanol–water partition coefficient (Wildman–Crippen LogP) is 2.96. The van der Waals surface area contributed by atoms with Crippen LogP contribution in [0.25, 0.3) is 11.0 Å². The van der Waals surface area contributed by atoms with Gasteiger partial charge < -0.3 is 19.9 Å². The monoisotopic (exact) mass is 499 g/mol. The van der Waals surface area contributed by atoms with E-state index in [0.29, 0.717) is 0 Å². The lowest BCUT2D eigenvalue weighted by Gasteiger charge is -2.33. The zero-order valence-electron chi connectivity index (χ0n) is 16.6. The number of fused-ring (bicyclic) bond motifs is 1. The summed E-state index contributed by atoms with van der Waals surface area (Å²) in [4.78, 5) is 26.7. The number of piperidine rings is 1. The van der Waals surface area contributed by atoms with E-state index in [1.807, 2.05) is 24.3 Å². The average molecular weight is 499 g/mol. The first-order valence-corrected chi connectivity index (χ1v) is 9.76. The third kappa shape index (κ3) is 5.83. The number of benzene rings is 1. The quantitative estimate of drug-likeness (QED) is 0.210. The molecule has 0 amide bonds. The van der Waals surface area contributed by atoms with Crippen LogP contribution in [0.4, 0.5) is 0 Å². The van der Waals surface area contributed by atoms with Crippen molar-refractivity contribution >= 4 is 46.9 Å². The van der Waals surface area contributed by atoms with Gasteiger partial charge in [0, 0.05) is 32.6 Å². The van der Waals surface area contributed by atoms with Gasteiger partial charge in [-0.25, -0.2) is 4.98 Å². The van der Waals surface area contributed by atoms with Crippen LogP contribution in [-0.4, -0.2) is 60.1 Å². The van der Waals surface area contributed by atoms with E-state index in [1.54, 1.807) is 0 Å². The highest BCUT2D eigenvalue weighted by molar-refractivity contribution is 14.0. The molecule has 8 heteroatoms. The second-order valence-electron chi connectivity index (χ2n) is 6.82. The highest BCUT2D eigenvalue weighted by atomic mass is 127. The number of nitrogens with zero attached hydrogens (tertiary/aromatic N) is 3. The Labute approximate surface area is 183 Å². The number of esters is 1. The molecule has 1 saturated heterocycles. The molecule has 0 radical (unpaired) electrons. The number of halogens is 1. The van der Waals surface area contributed by atoms with Crippen LogP contribution >= 0.6 is 24.0 Å². The van der Waals surface area contributed by atoms with Crippen molar-refractivity contribution in [3.05, 3.63) is 30.1 Å². The number of para-hydroxylation sites is 2. The number of carbonyl (C=O) groups is 1. The van der Waals surface area contributed by atoms with Gasteiger partial charge in [-0.3, -0.25) is 9.79 Å². The lowest BCUT2D eigenvalue weighted by atomic mass is 9.97. The molecule has 0 bridgehead atoms. The highest BCUT2D eigenvalue weighted by Gasteiger charge is 2.26. The van der Waals surface area contributed by atoms with Gasteiger partial charge >= 0.3 is 5.97 Å². The number of imidazole rings is 1. The molecular weight excluding hydrogens is 469 g/mol. The van der Waals surface area contributed by atoms with E-state index in [-0.39, 0.29) is 35.9 Å². The Morgan fingerprint density at radius 1 is 1.36 bits per heavy atom. The van der Waals surface area contributed by atoms with E-state index in [4.69, 9.17) is 9.73 Å². The van der Waals surface area contributed by atoms with Crippen molar-refractivity contribution in [2.24, 2.45) is 10.9 Å². The highest BCUT2D eigenvalue weighted by Crippen LogP contribution is 2.18. The number of hydrogen-bond donors (Lipinski definition) is 2. The zero-order valence-corrected chi connectivity index (χ0v) is 18.9. The lowest BCUT2D eigenvalue weighted by Crippen LogP contribution is -2.46. The Morgan fingerprint density at radius 3 is 2.79 bits per heavy atom. The largest absolute Gasteiger partial charge is 0.469 e. The van der Waals surface area contributed by atoms with Crippen LogP contribution in [0.2, 0.25) is 0 Å². The first kappa shape index (κ1) is 22.4. The van der Waals surface area contributed by atoms with E-state index >= 15 is 0 Å². The average Bonchev–Trinajstić information content (AvgIpc) is 3.12. The number of hydrogen-bond acceptors (Lipinski definition) is 4. The van der Waals surface area contributed by atoms with Gasteiger partial charge in [0.2, 0.25) is 0 Å². The van der Waals surface area contributed by atoms with E-state index in [1.165, 1.54) is 7.11 Å². The Morgan fingerprint density at radius 2 is 2.11 bits per heavy atom. The molecule has 7 nitrogen and oxygen atoms in total. The molecule has 3 rings (SSSR count). The first-order chi connectivity index (χ1) is 13.2. The van der Waals surface area contributed by atoms with E-state index < -0.39 is 0 Å². The van der Waals surface area contributed by atoms with Gasteiger partial charge in [0.25, 0.3) is 0 Å². The van der Waals surface area contributed by atoms with Crippen LogP contribution in [0.1, 0.15) is 32.0 Å². The molecule has 2 heterocycles. The second-order valence-corrected chi connectivity index (χ2v) is 6.82. The Kier molecular flexibility index (Phi) is 9.01. The summed E-state index contributed by atoms with van der Waals surface area (Å²) in [5, 5.41) is 3.37. The normalized spacial score (nSPS) is 15.4. The number of carbonyl (C=O) groups excluding carboxylic acids is 1. The van der Waals surface area contributed by atoms with Crippen molar-refractivity contribution in [1.82, 2.24) is 20.2 Å². The Hall–Kier alpha value is -1.84. The van der Waals surface area contributed by atoms with E-state index in [9.17, 15) is 4.79 Å². The SMILES string of the molecule is CCNC(=NCCCc1nc2ccccc2[nH]1)N1CCC(C(=O)OC)CC1.I. The van der Waals surface area contributed by atoms with Crippen molar-refractivity contribution in [2.45, 2.75) is 32.6 Å². The molecule has 0 saturated carbocycles. The summed E-state index contributed by atoms with van der Waals surface area (Å²) < 4.78 is 4.86. The fraction of sp³-hybridized carbons (Fsp3) is 0.550. The Bertz CT molecular complexity index is 751. The number of H-pyrrole nitrogens is 1. The molecule has 1 fully saturated rings. The standard InChI is InChI=1S/C20H29N5O2.HI/c1-3-21-20(25-13-10-15(11-14-25)19(26)27-2)22-12-6-9-18-23-16-7-4-5-8-17(16)24-18;/h4-5,7-8,15H,3,6,9-14H2,1-2H3,(H,21,22)(H,23,24);1H. The molecule has 1 aromatic heterocycles. The first-order valence-electron chi connectivity index (χ1n) is 9.76. The van der Waals surface area contributed by atoms with Crippen LogP contribution in [-0.2, 0) is 16.0 Å². The Balaban J connectivity index is 0.00000280. The summed E-state index contributed by atoms with van der Waals surface area (Å²) in [6, 6.07) is 8.09. The molecular formula is C20H30IN5O2. The minimum Gasteiger partial charge on any atom is -0.469 e. The molecule has 0 unspecified atom stereocenters. The number of likely N-dealkylation sites (tertiary alicyclic amines) is 1. The number of aromatic amines is 1. The smallest absolute Gasteiger partial charge is 0.308 e. The van der Waals surface area contributed by atoms with Crippen molar-refractivity contribution in [1.29, 1.82) is 0 Å². The predicted molar refractivity (Wildman–Crippen MR) is 122 cm³/mol. The maximum Gasteiger partial charge on any atom is 0.308 e. The molecule has 154 valence electrons. The number of ether oxygens (including phenoxy) is 1. The third-order valence-electron chi connectivity index (χ3n) is 4.94. The minimum atomic E-state index is -0.0950. The van der Waals surface area contributed by atoms with Crippen molar-refractivity contribution in [3.8, 4) is 0 Å². The van der Waals surface area contributed by atoms with E-state index in [0.717, 1.165) is 74.7 Å². The van der Waals surface area contributed by atoms with Gasteiger partial charge in [-0.15, -0.1) is 24.0 Å². The number of rotatable bonds is 6. The summed E-state index contributed by atoms with van der Waals surface area (Å²) >= 11 is 0. The molecule has 1 aromatic carbocycles. The van der Waals surface area contributed by atoms with Crippen LogP contribution in [0.15, 0.2) is 29.3 Å². The molecule has 0 spiro atoms. The minimum absolute atomic E-state index is 0. The number of aryl methyl sites for hydroxylation is 1. The molecule has 1 aliphatic rings. The van der Waals surface area contributed by atoms with Gasteiger partial charge in [0.15, 0.2) is 5.96 Å². The van der Waals surface area contributed by atoms with Crippen molar-refractivity contribution < 1.29 is 9.53 Å². The van der Waals surface area contributed by atoms with Crippen LogP contribution in [0.3, 0.4) is 0 Å². The summed E-state index contributed by atoms with van der Waals surface area (Å²) in [7, 11) is 1.46. The maximum absolute atomic E-state index is 11.7. The maximum atomic E-state index is 11.7. The number of methoxy groups -OCH3 is 1. The van der Waals surface area contributed by atoms with Crippen molar-refractivity contribution in [2.75, 3.05) is 33.3 Å². The van der Waals surface area contributed by atoms with Gasteiger partial charge in [0.1, 0.15) is 5.82 Å². The summed E-state index contributed by atoms with van der Waals surface area (Å²) in [6.07, 6.45) is 3.45. The van der Waals surface area contributed by atoms with Gasteiger partial charge in [-0.2, -0.15) is 0 Å². The van der Waals surface area contributed by atoms with Gasteiger partial charge in [-0.1, -0.05) is 12.1 Å². The molecule has 1 aliphatic heterocycles. The van der Waals surface area contributed by atoms with Crippen LogP contribution in [0, 0.1) is 5.92 Å². The number of aromatic nitrogens is 2. The molecule has 2 aromatic rings. The number of guanidine groups is 1. The molecule has 0 atom stereocenters. The fourth-order valence-corrected chi connectivity index (χ4v) is 3.47.